The van der Waals surface area contributed by atoms with Crippen LogP contribution in [0.1, 0.15) is 48.8 Å². The lowest BCUT2D eigenvalue weighted by atomic mass is 9.57. The number of likely N-dealkylation sites (N-methyl/N-ethyl adjacent to an activating group) is 1. The molecule has 1 unspecified atom stereocenters. The van der Waals surface area contributed by atoms with Gasteiger partial charge >= 0.3 is 0 Å². The van der Waals surface area contributed by atoms with Gasteiger partial charge in [-0.25, -0.2) is 0 Å². The first kappa shape index (κ1) is 28.2. The number of carbonyl (C=O) groups excluding carboxylic acids is 3. The van der Waals surface area contributed by atoms with E-state index in [1.54, 1.807) is 20.2 Å². The summed E-state index contributed by atoms with van der Waals surface area (Å²) in [5.41, 5.74) is 5.49. The molecule has 4 aliphatic carbocycles. The number of aromatic hydroxyl groups is 1. The minimum Gasteiger partial charge on any atom is -0.508 e. The second kappa shape index (κ2) is 10.1. The van der Waals surface area contributed by atoms with Gasteiger partial charge in [-0.1, -0.05) is 56.0 Å². The van der Waals surface area contributed by atoms with Crippen LogP contribution in [0.5, 0.6) is 5.75 Å². The number of fused-ring (bicyclic) bond motifs is 3. The summed E-state index contributed by atoms with van der Waals surface area (Å²) in [4.78, 5) is 40.9. The van der Waals surface area contributed by atoms with E-state index in [4.69, 9.17) is 5.73 Å². The Morgan fingerprint density at radius 1 is 1.02 bits per heavy atom. The van der Waals surface area contributed by atoms with Gasteiger partial charge in [-0.3, -0.25) is 19.3 Å². The lowest BCUT2D eigenvalue weighted by Gasteiger charge is -2.50. The van der Waals surface area contributed by atoms with Crippen LogP contribution in [-0.4, -0.2) is 68.5 Å². The number of rotatable bonds is 5. The molecule has 0 saturated heterocycles. The van der Waals surface area contributed by atoms with Crippen molar-refractivity contribution in [2.45, 2.75) is 56.6 Å². The van der Waals surface area contributed by atoms with Crippen molar-refractivity contribution >= 4 is 23.2 Å². The molecule has 0 bridgehead atoms. The number of phenols is 1. The first-order chi connectivity index (χ1) is 19.9. The fourth-order valence-corrected chi connectivity index (χ4v) is 7.88. The van der Waals surface area contributed by atoms with Gasteiger partial charge in [-0.15, -0.1) is 0 Å². The van der Waals surface area contributed by atoms with E-state index in [0.29, 0.717) is 11.5 Å². The van der Waals surface area contributed by atoms with Crippen molar-refractivity contribution in [1.29, 1.82) is 0 Å². The quantitative estimate of drug-likeness (QED) is 0.341. The molecule has 42 heavy (non-hydrogen) atoms. The number of nitrogens with zero attached hydrogens (tertiary/aromatic N) is 1. The SMILES string of the molecule is CN(C)C1C(=O)C(C(N)=O)=C(O)[C@]2(O)C(=O)C3=C(O)c4c(O)ccc(-c5ccc(CC6CCCC6)cc5)c4C[C@@H]3C[C@H]12. The molecule has 0 radical (unpaired) electrons. The predicted octanol–water partition coefficient (Wildman–Crippen LogP) is 3.36. The molecule has 4 atom stereocenters. The van der Waals surface area contributed by atoms with Gasteiger partial charge in [0.05, 0.1) is 11.6 Å². The topological polar surface area (TPSA) is 161 Å². The molecule has 0 heterocycles. The normalized spacial score (nSPS) is 27.8. The Kier molecular flexibility index (Phi) is 6.78. The summed E-state index contributed by atoms with van der Waals surface area (Å²) >= 11 is 0. The molecule has 0 aliphatic heterocycles. The average Bonchev–Trinajstić information content (AvgIpc) is 3.44. The first-order valence-electron chi connectivity index (χ1n) is 14.5. The van der Waals surface area contributed by atoms with Crippen LogP contribution in [0, 0.1) is 17.8 Å². The lowest BCUT2D eigenvalue weighted by molar-refractivity contribution is -0.153. The minimum atomic E-state index is -2.65. The van der Waals surface area contributed by atoms with E-state index in [2.05, 4.69) is 12.1 Å². The summed E-state index contributed by atoms with van der Waals surface area (Å²) in [6.07, 6.45) is 6.44. The second-order valence-electron chi connectivity index (χ2n) is 12.5. The number of benzene rings is 2. The van der Waals surface area contributed by atoms with Crippen LogP contribution >= 0.6 is 0 Å². The van der Waals surface area contributed by atoms with Gasteiger partial charge in [0, 0.05) is 11.5 Å². The fraction of sp³-hybridized carbons (Fsp3) is 0.424. The zero-order chi connectivity index (χ0) is 30.1. The van der Waals surface area contributed by atoms with Crippen LogP contribution in [-0.2, 0) is 27.2 Å². The van der Waals surface area contributed by atoms with Crippen molar-refractivity contribution in [2.24, 2.45) is 23.5 Å². The summed E-state index contributed by atoms with van der Waals surface area (Å²) < 4.78 is 0. The van der Waals surface area contributed by atoms with Crippen molar-refractivity contribution in [3.8, 4) is 16.9 Å². The molecule has 220 valence electrons. The number of hydrogen-bond donors (Lipinski definition) is 5. The van der Waals surface area contributed by atoms with Gasteiger partial charge in [-0.05, 0) is 73.5 Å². The molecule has 9 nitrogen and oxygen atoms in total. The molecular formula is C33H36N2O7. The first-order valence-corrected chi connectivity index (χ1v) is 14.5. The van der Waals surface area contributed by atoms with E-state index in [1.165, 1.54) is 42.2 Å². The van der Waals surface area contributed by atoms with E-state index in [1.807, 2.05) is 12.1 Å². The molecule has 4 aliphatic rings. The maximum absolute atomic E-state index is 14.0. The van der Waals surface area contributed by atoms with Crippen molar-refractivity contribution in [3.05, 3.63) is 70.0 Å². The van der Waals surface area contributed by atoms with Crippen LogP contribution in [0.15, 0.2) is 53.3 Å². The van der Waals surface area contributed by atoms with Crippen molar-refractivity contribution < 1.29 is 34.8 Å². The Labute approximate surface area is 244 Å². The van der Waals surface area contributed by atoms with E-state index in [0.717, 1.165) is 17.5 Å². The molecule has 0 spiro atoms. The number of amides is 1. The van der Waals surface area contributed by atoms with Crippen LogP contribution in [0.3, 0.4) is 0 Å². The van der Waals surface area contributed by atoms with Crippen LogP contribution in [0.4, 0.5) is 0 Å². The summed E-state index contributed by atoms with van der Waals surface area (Å²) in [6, 6.07) is 10.4. The predicted molar refractivity (Wildman–Crippen MR) is 155 cm³/mol. The maximum atomic E-state index is 14.0. The summed E-state index contributed by atoms with van der Waals surface area (Å²) in [7, 11) is 3.17. The Hall–Kier alpha value is -3.95. The number of carbonyl (C=O) groups is 3. The van der Waals surface area contributed by atoms with Gasteiger partial charge < -0.3 is 26.2 Å². The molecule has 2 aromatic rings. The number of phenolic OH excluding ortho intramolecular Hbond substituents is 1. The van der Waals surface area contributed by atoms with E-state index in [9.17, 15) is 34.8 Å². The number of ketones is 2. The standard InChI is InChI=1S/C33H36N2O7/c1-35(2)27-22-15-19-14-21-20(18-9-7-17(8-10-18)13-16-5-3-4-6-16)11-12-23(36)25(21)28(37)24(19)30(39)33(22,42)31(40)26(29(27)38)32(34)41/h7-12,16,19,22,27,36-37,40,42H,3-6,13-15H2,1-2H3,(H2,34,41)/t19-,22-,27?,33-/m1/s1. The van der Waals surface area contributed by atoms with Gasteiger partial charge in [0.2, 0.25) is 5.78 Å². The largest absolute Gasteiger partial charge is 0.508 e. The van der Waals surface area contributed by atoms with Crippen LogP contribution in [0.25, 0.3) is 16.9 Å². The molecule has 6 rings (SSSR count). The van der Waals surface area contributed by atoms with E-state index >= 15 is 0 Å². The Balaban J connectivity index is 1.45. The lowest BCUT2D eigenvalue weighted by Crippen LogP contribution is -2.65. The van der Waals surface area contributed by atoms with E-state index < -0.39 is 58.0 Å². The van der Waals surface area contributed by atoms with Crippen molar-refractivity contribution in [2.75, 3.05) is 14.1 Å². The summed E-state index contributed by atoms with van der Waals surface area (Å²) in [6.45, 7) is 0. The highest BCUT2D eigenvalue weighted by atomic mass is 16.3. The fourth-order valence-electron chi connectivity index (χ4n) is 7.88. The van der Waals surface area contributed by atoms with Gasteiger partial charge in [-0.2, -0.15) is 0 Å². The van der Waals surface area contributed by atoms with Crippen LogP contribution in [0.2, 0.25) is 0 Å². The Morgan fingerprint density at radius 2 is 1.69 bits per heavy atom. The third-order valence-electron chi connectivity index (χ3n) is 9.87. The van der Waals surface area contributed by atoms with Gasteiger partial charge in [0.1, 0.15) is 22.8 Å². The number of aliphatic hydroxyl groups is 3. The monoisotopic (exact) mass is 572 g/mol. The highest BCUT2D eigenvalue weighted by Gasteiger charge is 2.64. The molecule has 2 saturated carbocycles. The van der Waals surface area contributed by atoms with Crippen LogP contribution < -0.4 is 5.73 Å². The molecule has 1 amide bonds. The molecule has 2 fully saturated rings. The summed E-state index contributed by atoms with van der Waals surface area (Å²) in [5, 5.41) is 45.1. The molecule has 9 heteroatoms. The average molecular weight is 573 g/mol. The van der Waals surface area contributed by atoms with Crippen molar-refractivity contribution in [3.63, 3.8) is 0 Å². The highest BCUT2D eigenvalue weighted by molar-refractivity contribution is 6.24. The number of Topliss-reactive ketones (excluding diaryl/α,β-unsaturated/α-hetero) is 2. The Morgan fingerprint density at radius 3 is 2.31 bits per heavy atom. The molecule has 0 aromatic heterocycles. The summed E-state index contributed by atoms with van der Waals surface area (Å²) in [5.74, 6) is -5.83. The molecular weight excluding hydrogens is 536 g/mol. The van der Waals surface area contributed by atoms with Crippen molar-refractivity contribution in [1.82, 2.24) is 4.90 Å². The third-order valence-corrected chi connectivity index (χ3v) is 9.87. The zero-order valence-electron chi connectivity index (χ0n) is 23.8. The Bertz CT molecular complexity index is 1570. The third kappa shape index (κ3) is 4.09. The van der Waals surface area contributed by atoms with Gasteiger partial charge in [0.15, 0.2) is 11.4 Å². The maximum Gasteiger partial charge on any atom is 0.255 e. The highest BCUT2D eigenvalue weighted by Crippen LogP contribution is 2.53. The number of hydrogen-bond acceptors (Lipinski definition) is 8. The zero-order valence-corrected chi connectivity index (χ0v) is 23.8. The molecule has 6 N–H and O–H groups in total. The minimum absolute atomic E-state index is 0.0567. The van der Waals surface area contributed by atoms with E-state index in [-0.39, 0.29) is 29.7 Å². The number of primary amides is 1. The number of nitrogens with two attached hydrogens (primary N) is 1. The molecule has 2 aromatic carbocycles. The number of aliphatic hydroxyl groups excluding tert-OH is 2. The second-order valence-corrected chi connectivity index (χ2v) is 12.5. The smallest absolute Gasteiger partial charge is 0.255 e. The van der Waals surface area contributed by atoms with Gasteiger partial charge in [0.25, 0.3) is 5.91 Å².